The highest BCUT2D eigenvalue weighted by molar-refractivity contribution is 6.66. The molecular formula is C75H115ClN4O14. The molecule has 0 aromatic heterocycles. The van der Waals surface area contributed by atoms with Gasteiger partial charge in [0.2, 0.25) is 5.24 Å². The van der Waals surface area contributed by atoms with E-state index < -0.39 is 17.6 Å². The highest BCUT2D eigenvalue weighted by Gasteiger charge is 2.31. The molecule has 0 fully saturated rings. The second-order valence-corrected chi connectivity index (χ2v) is 30.7. The molecule has 0 aliphatic carbocycles. The van der Waals surface area contributed by atoms with E-state index in [1.54, 1.807) is 24.3 Å². The van der Waals surface area contributed by atoms with Gasteiger partial charge in [-0.05, 0) is 133 Å². The Morgan fingerprint density at radius 3 is 0.968 bits per heavy atom. The van der Waals surface area contributed by atoms with Crippen molar-refractivity contribution < 1.29 is 67.3 Å². The first-order chi connectivity index (χ1) is 42.6. The SMILES string of the molecule is CC(C)(C)c1cc(C(C)(C)C)c(O)cc1N.CCO/C=C/C(=O)Cl.CCO/C=C/C(=O)Nc1cc(O)c(C(C)(C)C)cc1C(C)(C)C.CCO/C=C/C(=O)Nc1cc(OC(=O)OC)c(C(C)(C)C)cc1C(C)(C)C.COC(=O)Oc1cc(N)c(C(C)(C)C)cc1C(C)(C)C. The van der Waals surface area contributed by atoms with E-state index in [9.17, 15) is 34.2 Å². The zero-order valence-corrected chi connectivity index (χ0v) is 62.8. The van der Waals surface area contributed by atoms with Crippen molar-refractivity contribution in [2.24, 2.45) is 0 Å². The summed E-state index contributed by atoms with van der Waals surface area (Å²) in [7, 11) is 2.54. The first-order valence-corrected chi connectivity index (χ1v) is 31.8. The van der Waals surface area contributed by atoms with E-state index in [0.717, 1.165) is 50.6 Å². The van der Waals surface area contributed by atoms with Gasteiger partial charge in [-0.2, -0.15) is 0 Å². The number of aromatic hydroxyl groups is 2. The second kappa shape index (κ2) is 36.1. The van der Waals surface area contributed by atoms with Crippen LogP contribution in [0.3, 0.4) is 0 Å². The van der Waals surface area contributed by atoms with Gasteiger partial charge in [0.05, 0.1) is 52.8 Å². The number of rotatable bonds is 13. The van der Waals surface area contributed by atoms with Gasteiger partial charge in [-0.25, -0.2) is 9.59 Å². The molecule has 94 heavy (non-hydrogen) atoms. The third-order valence-corrected chi connectivity index (χ3v) is 13.8. The van der Waals surface area contributed by atoms with Gasteiger partial charge >= 0.3 is 12.3 Å². The van der Waals surface area contributed by atoms with E-state index in [1.807, 2.05) is 65.8 Å². The summed E-state index contributed by atoms with van der Waals surface area (Å²) in [5, 5.41) is 25.5. The number of nitrogen functional groups attached to an aromatic ring is 2. The third-order valence-electron chi connectivity index (χ3n) is 13.7. The standard InChI is InChI=1S/C21H31NO5.C19H29NO3.C16H25NO3.C14H23NO.C5H7ClO2/c1-9-26-11-10-18(23)22-16-13-17(27-19(24)25-8)15(21(5,6)7)12-14(16)20(2,3)4;1-8-23-10-9-17(22)20-15-12-16(21)14(19(5,6)7)11-13(15)18(2,3)4;1-15(2,3)10-8-11(16(4,5)6)13(9-12(10)17)20-14(18)19-7;1-13(2,3)9-7-10(14(4,5)6)12(16)8-11(9)15;1-2-8-4-3-5(6)7/h10-13H,9H2,1-8H3,(H,22,23);9-12,21H,8H2,1-7H3,(H,20,22);8-9H,17H2,1-7H3;7-8,16H,15H2,1-6H3;3-4H,2H2,1H3/b11-10+;10-9+;;;4-3+. The summed E-state index contributed by atoms with van der Waals surface area (Å²) < 4.78 is 34.5. The van der Waals surface area contributed by atoms with Gasteiger partial charge in [0, 0.05) is 76.4 Å². The number of halogens is 1. The minimum atomic E-state index is -0.808. The van der Waals surface area contributed by atoms with Crippen LogP contribution in [0.15, 0.2) is 85.5 Å². The third kappa shape index (κ3) is 30.0. The predicted octanol–water partition coefficient (Wildman–Crippen LogP) is 18.3. The number of nitrogens with two attached hydrogens (primary N) is 2. The summed E-state index contributed by atoms with van der Waals surface area (Å²) in [5.74, 6) is 0.669. The Morgan fingerprint density at radius 2 is 0.660 bits per heavy atom. The topological polar surface area (TPSA) is 267 Å². The van der Waals surface area contributed by atoms with E-state index in [0.29, 0.717) is 54.1 Å². The maximum absolute atomic E-state index is 12.2. The van der Waals surface area contributed by atoms with Crippen molar-refractivity contribution in [3.8, 4) is 23.0 Å². The number of hydrogen-bond acceptors (Lipinski definition) is 16. The number of benzene rings is 4. The highest BCUT2D eigenvalue weighted by atomic mass is 35.5. The molecule has 0 aliphatic rings. The summed E-state index contributed by atoms with van der Waals surface area (Å²) in [6.45, 7) is 56.9. The summed E-state index contributed by atoms with van der Waals surface area (Å²) in [6, 6.07) is 14.7. The van der Waals surface area contributed by atoms with Crippen LogP contribution in [0.1, 0.15) is 231 Å². The fraction of sp³-hybridized carbons (Fsp3) is 0.533. The summed E-state index contributed by atoms with van der Waals surface area (Å²) >= 11 is 4.91. The van der Waals surface area contributed by atoms with Crippen LogP contribution in [0.2, 0.25) is 0 Å². The molecule has 2 amide bonds. The zero-order chi connectivity index (χ0) is 73.5. The normalized spacial score (nSPS) is 12.1. The van der Waals surface area contributed by atoms with Gasteiger partial charge in [0.25, 0.3) is 11.8 Å². The van der Waals surface area contributed by atoms with Crippen LogP contribution >= 0.6 is 11.6 Å². The maximum atomic E-state index is 12.2. The lowest BCUT2D eigenvalue weighted by Crippen LogP contribution is -2.22. The first-order valence-electron chi connectivity index (χ1n) is 31.5. The van der Waals surface area contributed by atoms with Crippen LogP contribution < -0.4 is 31.6 Å². The molecule has 8 N–H and O–H groups in total. The van der Waals surface area contributed by atoms with Crippen molar-refractivity contribution in [3.05, 3.63) is 130 Å². The lowest BCUT2D eigenvalue weighted by molar-refractivity contribution is -0.112. The number of nitrogens with one attached hydrogen (secondary N) is 2. The average molecular weight is 1330 g/mol. The van der Waals surface area contributed by atoms with Crippen LogP contribution in [-0.4, -0.2) is 73.6 Å². The minimum Gasteiger partial charge on any atom is -0.508 e. The zero-order valence-electron chi connectivity index (χ0n) is 62.0. The van der Waals surface area contributed by atoms with Gasteiger partial charge in [0.15, 0.2) is 0 Å². The minimum absolute atomic E-state index is 0.00220. The average Bonchev–Trinajstić information content (AvgIpc) is 0.808. The van der Waals surface area contributed by atoms with Crippen molar-refractivity contribution in [2.75, 3.05) is 56.1 Å². The van der Waals surface area contributed by atoms with Crippen LogP contribution in [0.5, 0.6) is 23.0 Å². The van der Waals surface area contributed by atoms with Crippen LogP contribution in [0.4, 0.5) is 32.3 Å². The lowest BCUT2D eigenvalue weighted by atomic mass is 9.79. The lowest BCUT2D eigenvalue weighted by Gasteiger charge is -2.29. The molecule has 19 heteroatoms. The van der Waals surface area contributed by atoms with Gasteiger partial charge in [0.1, 0.15) is 23.0 Å². The number of phenolic OH excluding ortho intramolecular Hbond substituents is 2. The molecule has 0 unspecified atom stereocenters. The van der Waals surface area contributed by atoms with Crippen molar-refractivity contribution in [3.63, 3.8) is 0 Å². The Bertz CT molecular complexity index is 3220. The number of methoxy groups -OCH3 is 2. The molecule has 526 valence electrons. The fourth-order valence-electron chi connectivity index (χ4n) is 8.88. The van der Waals surface area contributed by atoms with Crippen molar-refractivity contribution >= 4 is 63.7 Å². The van der Waals surface area contributed by atoms with Gasteiger partial charge in [-0.15, -0.1) is 0 Å². The van der Waals surface area contributed by atoms with Crippen molar-refractivity contribution in [2.45, 2.75) is 230 Å². The Kier molecular flexibility index (Phi) is 33.1. The Hall–Kier alpha value is -7.86. The fourth-order valence-corrected chi connectivity index (χ4v) is 8.93. The van der Waals surface area contributed by atoms with Gasteiger partial charge in [-0.1, -0.05) is 166 Å². The maximum Gasteiger partial charge on any atom is 0.513 e. The quantitative estimate of drug-likeness (QED) is 0.0181. The van der Waals surface area contributed by atoms with Gasteiger partial charge < -0.3 is 65.5 Å². The molecule has 18 nitrogen and oxygen atoms in total. The van der Waals surface area contributed by atoms with E-state index in [2.05, 4.69) is 170 Å². The van der Waals surface area contributed by atoms with E-state index in [-0.39, 0.29) is 66.6 Å². The van der Waals surface area contributed by atoms with E-state index >= 15 is 0 Å². The monoisotopic (exact) mass is 1330 g/mol. The van der Waals surface area contributed by atoms with E-state index in [1.165, 1.54) is 45.2 Å². The number of phenols is 2. The number of allylic oxidation sites excluding steroid dienone is 1. The van der Waals surface area contributed by atoms with E-state index in [4.69, 9.17) is 42.0 Å². The first kappa shape index (κ1) is 86.1. The largest absolute Gasteiger partial charge is 0.513 e. The molecule has 0 bridgehead atoms. The Morgan fingerprint density at radius 1 is 0.394 bits per heavy atom. The smallest absolute Gasteiger partial charge is 0.508 e. The number of carbonyl (C=O) groups is 5. The van der Waals surface area contributed by atoms with Crippen molar-refractivity contribution in [1.82, 2.24) is 0 Å². The number of anilines is 4. The predicted molar refractivity (Wildman–Crippen MR) is 384 cm³/mol. The molecule has 0 saturated carbocycles. The molecule has 4 aromatic carbocycles. The number of amides is 2. The molecule has 0 heterocycles. The highest BCUT2D eigenvalue weighted by Crippen LogP contribution is 2.44. The Balaban J connectivity index is 0.00000119. The molecule has 4 aromatic rings. The number of hydrogen-bond donors (Lipinski definition) is 6. The molecule has 0 aliphatic heterocycles. The summed E-state index contributed by atoms with van der Waals surface area (Å²) in [5.41, 5.74) is 21.0. The van der Waals surface area contributed by atoms with Crippen LogP contribution in [-0.2, 0) is 81.4 Å². The summed E-state index contributed by atoms with van der Waals surface area (Å²) in [6.07, 6.45) is 6.26. The number of carbonyl (C=O) groups excluding carboxylic acids is 5. The molecule has 0 atom stereocenters. The number of ether oxygens (including phenoxy) is 7. The molecular weight excluding hydrogens is 1220 g/mol. The Labute approximate surface area is 567 Å². The van der Waals surface area contributed by atoms with Crippen LogP contribution in [0, 0.1) is 0 Å². The molecule has 0 saturated heterocycles. The van der Waals surface area contributed by atoms with Gasteiger partial charge in [-0.3, -0.25) is 14.4 Å². The van der Waals surface area contributed by atoms with Crippen LogP contribution in [0.25, 0.3) is 0 Å². The summed E-state index contributed by atoms with van der Waals surface area (Å²) in [4.78, 5) is 57.2. The van der Waals surface area contributed by atoms with Crippen molar-refractivity contribution in [1.29, 1.82) is 0 Å². The molecule has 4 rings (SSSR count). The second-order valence-electron chi connectivity index (χ2n) is 30.4. The molecule has 0 spiro atoms. The molecule has 0 radical (unpaired) electrons.